The molecule has 1 aliphatic rings. The van der Waals surface area contributed by atoms with Crippen LogP contribution < -0.4 is 10.1 Å². The third kappa shape index (κ3) is 5.55. The van der Waals surface area contributed by atoms with Crippen LogP contribution in [0.3, 0.4) is 0 Å². The number of carbonyl (C=O) groups is 1. The number of fused-ring (bicyclic) bond motifs is 1. The zero-order valence-electron chi connectivity index (χ0n) is 19.8. The zero-order valence-corrected chi connectivity index (χ0v) is 21.4. The minimum Gasteiger partial charge on any atom is -0.497 e. The Morgan fingerprint density at radius 3 is 2.56 bits per heavy atom. The number of pyridine rings is 1. The second-order valence-corrected chi connectivity index (χ2v) is 11.9. The molecule has 4 aromatic rings. The monoisotopic (exact) mass is 522 g/mol. The Balaban J connectivity index is 1.31. The molecule has 2 aromatic carbocycles. The lowest BCUT2D eigenvalue weighted by Gasteiger charge is -2.12. The first-order chi connectivity index (χ1) is 17.4. The third-order valence-electron chi connectivity index (χ3n) is 6.17. The van der Waals surface area contributed by atoms with E-state index < -0.39 is 9.84 Å². The molecule has 5 rings (SSSR count). The fourth-order valence-electron chi connectivity index (χ4n) is 4.20. The molecule has 1 atom stereocenters. The van der Waals surface area contributed by atoms with E-state index in [0.29, 0.717) is 18.5 Å². The van der Waals surface area contributed by atoms with E-state index in [-0.39, 0.29) is 23.5 Å². The summed E-state index contributed by atoms with van der Waals surface area (Å²) in [7, 11) is -1.39. The summed E-state index contributed by atoms with van der Waals surface area (Å²) in [6, 6.07) is 17.0. The van der Waals surface area contributed by atoms with Crippen molar-refractivity contribution in [1.82, 2.24) is 19.9 Å². The number of rotatable bonds is 8. The maximum absolute atomic E-state index is 12.6. The number of carbonyl (C=O) groups excluding carboxylic acids is 1. The molecular weight excluding hydrogens is 496 g/mol. The molecular formula is C26H26N4O4S2. The highest BCUT2D eigenvalue weighted by Crippen LogP contribution is 2.28. The van der Waals surface area contributed by atoms with Gasteiger partial charge in [-0.25, -0.2) is 13.4 Å². The van der Waals surface area contributed by atoms with E-state index >= 15 is 0 Å². The SMILES string of the molecule is COc1ccc(CSc2nc3ccncc3n2Cc2ccc(C(=O)NC3CCS(=O)(=O)C3)cc2)cc1. The molecule has 0 bridgehead atoms. The van der Waals surface area contributed by atoms with Gasteiger partial charge in [0, 0.05) is 23.6 Å². The molecule has 1 unspecified atom stereocenters. The fourth-order valence-corrected chi connectivity index (χ4v) is 6.85. The van der Waals surface area contributed by atoms with Crippen molar-refractivity contribution in [3.8, 4) is 5.75 Å². The summed E-state index contributed by atoms with van der Waals surface area (Å²) in [4.78, 5) is 21.7. The smallest absolute Gasteiger partial charge is 0.251 e. The number of ether oxygens (including phenoxy) is 1. The van der Waals surface area contributed by atoms with Crippen LogP contribution >= 0.6 is 11.8 Å². The van der Waals surface area contributed by atoms with Crippen LogP contribution in [0.2, 0.25) is 0 Å². The lowest BCUT2D eigenvalue weighted by atomic mass is 10.1. The average molecular weight is 523 g/mol. The number of nitrogens with one attached hydrogen (secondary N) is 1. The van der Waals surface area contributed by atoms with Gasteiger partial charge in [-0.15, -0.1) is 0 Å². The predicted molar refractivity (Wildman–Crippen MR) is 140 cm³/mol. The number of sulfone groups is 1. The van der Waals surface area contributed by atoms with Crippen molar-refractivity contribution in [3.63, 3.8) is 0 Å². The summed E-state index contributed by atoms with van der Waals surface area (Å²) in [5.41, 5.74) is 4.52. The van der Waals surface area contributed by atoms with Gasteiger partial charge in [-0.2, -0.15) is 0 Å². The summed E-state index contributed by atoms with van der Waals surface area (Å²) in [5, 5.41) is 3.72. The van der Waals surface area contributed by atoms with Gasteiger partial charge in [0.05, 0.1) is 42.4 Å². The maximum atomic E-state index is 12.6. The van der Waals surface area contributed by atoms with Gasteiger partial charge < -0.3 is 14.6 Å². The lowest BCUT2D eigenvalue weighted by molar-refractivity contribution is 0.0941. The van der Waals surface area contributed by atoms with Crippen LogP contribution in [0.25, 0.3) is 11.0 Å². The number of methoxy groups -OCH3 is 1. The highest BCUT2D eigenvalue weighted by atomic mass is 32.2. The van der Waals surface area contributed by atoms with E-state index in [1.165, 1.54) is 5.56 Å². The highest BCUT2D eigenvalue weighted by molar-refractivity contribution is 7.98. The molecule has 36 heavy (non-hydrogen) atoms. The van der Waals surface area contributed by atoms with E-state index in [1.54, 1.807) is 37.2 Å². The normalized spacial score (nSPS) is 16.8. The number of thioether (sulfide) groups is 1. The van der Waals surface area contributed by atoms with Gasteiger partial charge in [0.1, 0.15) is 5.75 Å². The number of benzene rings is 2. The van der Waals surface area contributed by atoms with Gasteiger partial charge in [0.15, 0.2) is 15.0 Å². The van der Waals surface area contributed by atoms with Crippen LogP contribution in [-0.4, -0.2) is 53.5 Å². The quantitative estimate of drug-likeness (QED) is 0.352. The number of amides is 1. The van der Waals surface area contributed by atoms with Crippen LogP contribution in [0.1, 0.15) is 27.9 Å². The summed E-state index contributed by atoms with van der Waals surface area (Å²) in [6.07, 6.45) is 4.02. The first-order valence-electron chi connectivity index (χ1n) is 11.6. The van der Waals surface area contributed by atoms with Crippen LogP contribution in [-0.2, 0) is 22.1 Å². The Hall–Kier alpha value is -3.37. The van der Waals surface area contributed by atoms with Crippen molar-refractivity contribution in [2.24, 2.45) is 0 Å². The second kappa shape index (κ2) is 10.3. The third-order valence-corrected chi connectivity index (χ3v) is 8.98. The van der Waals surface area contributed by atoms with Crippen LogP contribution in [0.15, 0.2) is 72.1 Å². The zero-order chi connectivity index (χ0) is 25.1. The highest BCUT2D eigenvalue weighted by Gasteiger charge is 2.29. The lowest BCUT2D eigenvalue weighted by Crippen LogP contribution is -2.35. The van der Waals surface area contributed by atoms with Gasteiger partial charge in [0.2, 0.25) is 0 Å². The van der Waals surface area contributed by atoms with Gasteiger partial charge in [-0.05, 0) is 47.9 Å². The molecule has 1 amide bonds. The van der Waals surface area contributed by atoms with Gasteiger partial charge in [-0.1, -0.05) is 36.0 Å². The molecule has 0 radical (unpaired) electrons. The first-order valence-corrected chi connectivity index (χ1v) is 14.4. The molecule has 0 aliphatic carbocycles. The summed E-state index contributed by atoms with van der Waals surface area (Å²) < 4.78 is 30.7. The van der Waals surface area contributed by atoms with Gasteiger partial charge >= 0.3 is 0 Å². The van der Waals surface area contributed by atoms with Crippen LogP contribution in [0, 0.1) is 0 Å². The van der Waals surface area contributed by atoms with Crippen molar-refractivity contribution in [2.75, 3.05) is 18.6 Å². The number of hydrogen-bond acceptors (Lipinski definition) is 7. The number of aromatic nitrogens is 3. The molecule has 1 N–H and O–H groups in total. The minimum atomic E-state index is -3.04. The van der Waals surface area contributed by atoms with E-state index in [1.807, 2.05) is 48.7 Å². The molecule has 0 saturated carbocycles. The van der Waals surface area contributed by atoms with Crippen LogP contribution in [0.5, 0.6) is 5.75 Å². The second-order valence-electron chi connectivity index (χ2n) is 8.75. The van der Waals surface area contributed by atoms with E-state index in [2.05, 4.69) is 14.9 Å². The Labute approximate surface area is 214 Å². The fraction of sp³-hybridized carbons (Fsp3) is 0.269. The Morgan fingerprint density at radius 1 is 1.11 bits per heavy atom. The van der Waals surface area contributed by atoms with Gasteiger partial charge in [-0.3, -0.25) is 9.78 Å². The average Bonchev–Trinajstić information content (AvgIpc) is 3.42. The van der Waals surface area contributed by atoms with E-state index in [9.17, 15) is 13.2 Å². The molecule has 8 nitrogen and oxygen atoms in total. The number of nitrogens with zero attached hydrogens (tertiary/aromatic N) is 3. The molecule has 2 aromatic heterocycles. The molecule has 3 heterocycles. The molecule has 0 spiro atoms. The van der Waals surface area contributed by atoms with Crippen molar-refractivity contribution < 1.29 is 17.9 Å². The Morgan fingerprint density at radius 2 is 1.86 bits per heavy atom. The minimum absolute atomic E-state index is 0.00946. The van der Waals surface area contributed by atoms with Crippen molar-refractivity contribution >= 4 is 38.5 Å². The van der Waals surface area contributed by atoms with Crippen LogP contribution in [0.4, 0.5) is 0 Å². The summed E-state index contributed by atoms with van der Waals surface area (Å²) in [6.45, 7) is 0.579. The molecule has 186 valence electrons. The van der Waals surface area contributed by atoms with Gasteiger partial charge in [0.25, 0.3) is 5.91 Å². The maximum Gasteiger partial charge on any atom is 0.251 e. The van der Waals surface area contributed by atoms with E-state index in [0.717, 1.165) is 33.3 Å². The topological polar surface area (TPSA) is 103 Å². The summed E-state index contributed by atoms with van der Waals surface area (Å²) in [5.74, 6) is 1.47. The molecule has 1 aliphatic heterocycles. The predicted octanol–water partition coefficient (Wildman–Crippen LogP) is 3.70. The largest absolute Gasteiger partial charge is 0.497 e. The standard InChI is InChI=1S/C26H26N4O4S2/c1-34-22-8-4-19(5-9-22)16-35-26-29-23-10-12-27-14-24(23)30(26)15-18-2-6-20(7-3-18)25(31)28-21-11-13-36(32,33)17-21/h2-10,12,14,21H,11,13,15-17H2,1H3,(H,28,31). The summed E-state index contributed by atoms with van der Waals surface area (Å²) >= 11 is 1.65. The van der Waals surface area contributed by atoms with Crippen molar-refractivity contribution in [1.29, 1.82) is 0 Å². The Bertz CT molecular complexity index is 1480. The number of imidazole rings is 1. The van der Waals surface area contributed by atoms with E-state index in [4.69, 9.17) is 9.72 Å². The first kappa shape index (κ1) is 24.3. The van der Waals surface area contributed by atoms with Crippen molar-refractivity contribution in [2.45, 2.75) is 29.9 Å². The van der Waals surface area contributed by atoms with Crippen molar-refractivity contribution in [3.05, 3.63) is 83.7 Å². The number of hydrogen-bond donors (Lipinski definition) is 1. The Kier molecular flexibility index (Phi) is 6.97. The molecule has 10 heteroatoms. The molecule has 1 saturated heterocycles. The molecule has 1 fully saturated rings.